The van der Waals surface area contributed by atoms with Gasteiger partial charge in [0.15, 0.2) is 0 Å². The summed E-state index contributed by atoms with van der Waals surface area (Å²) in [6, 6.07) is 5.55. The smallest absolute Gasteiger partial charge is 0.412 e. The summed E-state index contributed by atoms with van der Waals surface area (Å²) >= 11 is 0. The number of amides is 1. The Labute approximate surface area is 121 Å². The van der Waals surface area contributed by atoms with E-state index in [1.807, 2.05) is 0 Å². The van der Waals surface area contributed by atoms with Crippen molar-refractivity contribution in [3.8, 4) is 0 Å². The third-order valence-corrected chi connectivity index (χ3v) is 3.95. The lowest BCUT2D eigenvalue weighted by Gasteiger charge is -2.38. The van der Waals surface area contributed by atoms with E-state index in [1.54, 1.807) is 18.2 Å². The highest BCUT2D eigenvalue weighted by molar-refractivity contribution is 5.87. The summed E-state index contributed by atoms with van der Waals surface area (Å²) in [5, 5.41) is 9.32. The molecule has 0 radical (unpaired) electrons. The number of rotatable bonds is 3. The lowest BCUT2D eigenvalue weighted by atomic mass is 9.82. The second-order valence-electron chi connectivity index (χ2n) is 5.37. The molecule has 0 aliphatic heterocycles. The summed E-state index contributed by atoms with van der Waals surface area (Å²) in [6.07, 6.45) is -2.94. The zero-order chi connectivity index (χ0) is 15.5. The molecule has 1 aliphatic carbocycles. The summed E-state index contributed by atoms with van der Waals surface area (Å²) in [5.41, 5.74) is 0.0675. The number of halogens is 3. The van der Waals surface area contributed by atoms with Gasteiger partial charge in [-0.15, -0.1) is 0 Å². The van der Waals surface area contributed by atoms with E-state index in [2.05, 4.69) is 0 Å². The predicted octanol–water partition coefficient (Wildman–Crippen LogP) is 4.68. The van der Waals surface area contributed by atoms with Crippen LogP contribution in [-0.2, 0) is 0 Å². The fourth-order valence-electron chi connectivity index (χ4n) is 3.05. The normalized spacial score (nSPS) is 18.2. The molecule has 116 valence electrons. The number of carbonyl (C=O) groups is 1. The van der Waals surface area contributed by atoms with Gasteiger partial charge in [-0.05, 0) is 30.9 Å². The minimum Gasteiger partial charge on any atom is -0.465 e. The molecular formula is C15H18F3NO2. The van der Waals surface area contributed by atoms with Gasteiger partial charge in [-0.25, -0.2) is 4.79 Å². The second kappa shape index (κ2) is 6.37. The van der Waals surface area contributed by atoms with Gasteiger partial charge >= 0.3 is 12.3 Å². The van der Waals surface area contributed by atoms with E-state index >= 15 is 0 Å². The van der Waals surface area contributed by atoms with Crippen molar-refractivity contribution in [3.63, 3.8) is 0 Å². The number of carboxylic acid groups (broad SMARTS) is 1. The molecule has 1 aliphatic rings. The Hall–Kier alpha value is -1.72. The molecule has 0 aromatic heterocycles. The topological polar surface area (TPSA) is 40.5 Å². The van der Waals surface area contributed by atoms with Gasteiger partial charge in [0, 0.05) is 5.69 Å². The van der Waals surface area contributed by atoms with Crippen LogP contribution in [0.4, 0.5) is 23.7 Å². The molecule has 0 heterocycles. The van der Waals surface area contributed by atoms with Gasteiger partial charge in [-0.3, -0.25) is 4.90 Å². The third kappa shape index (κ3) is 3.68. The van der Waals surface area contributed by atoms with Crippen LogP contribution in [0.1, 0.15) is 32.1 Å². The summed E-state index contributed by atoms with van der Waals surface area (Å²) < 4.78 is 40.5. The number of anilines is 1. The van der Waals surface area contributed by atoms with Gasteiger partial charge in [0.25, 0.3) is 0 Å². The van der Waals surface area contributed by atoms with Crippen LogP contribution in [-0.4, -0.2) is 23.4 Å². The SMILES string of the molecule is O=C(O)N(c1ccccc1)[C@@H](C1CCCCC1)C(F)(F)F. The van der Waals surface area contributed by atoms with Crippen molar-refractivity contribution in [1.29, 1.82) is 0 Å². The first-order chi connectivity index (χ1) is 9.91. The molecule has 1 atom stereocenters. The van der Waals surface area contributed by atoms with Gasteiger partial charge in [0.05, 0.1) is 0 Å². The van der Waals surface area contributed by atoms with E-state index in [9.17, 15) is 23.1 Å². The van der Waals surface area contributed by atoms with Crippen LogP contribution in [0.5, 0.6) is 0 Å². The van der Waals surface area contributed by atoms with Gasteiger partial charge < -0.3 is 5.11 Å². The molecule has 1 aromatic rings. The van der Waals surface area contributed by atoms with E-state index in [-0.39, 0.29) is 5.69 Å². The Kier molecular flexibility index (Phi) is 4.75. The van der Waals surface area contributed by atoms with Crippen molar-refractivity contribution in [1.82, 2.24) is 0 Å². The Morgan fingerprint density at radius 3 is 2.19 bits per heavy atom. The van der Waals surface area contributed by atoms with Crippen molar-refractivity contribution >= 4 is 11.8 Å². The van der Waals surface area contributed by atoms with Crippen LogP contribution >= 0.6 is 0 Å². The quantitative estimate of drug-likeness (QED) is 0.880. The highest BCUT2D eigenvalue weighted by atomic mass is 19.4. The number of benzene rings is 1. The molecule has 2 rings (SSSR count). The number of hydrogen-bond acceptors (Lipinski definition) is 1. The number of para-hydroxylation sites is 1. The summed E-state index contributed by atoms with van der Waals surface area (Å²) in [5.74, 6) is -0.671. The first-order valence-electron chi connectivity index (χ1n) is 7.05. The average molecular weight is 301 g/mol. The monoisotopic (exact) mass is 301 g/mol. The van der Waals surface area contributed by atoms with Gasteiger partial charge in [-0.1, -0.05) is 37.5 Å². The van der Waals surface area contributed by atoms with Crippen LogP contribution in [0.15, 0.2) is 30.3 Å². The lowest BCUT2D eigenvalue weighted by molar-refractivity contribution is -0.161. The first kappa shape index (κ1) is 15.7. The maximum absolute atomic E-state index is 13.5. The van der Waals surface area contributed by atoms with Crippen LogP contribution in [0, 0.1) is 5.92 Å². The molecule has 0 unspecified atom stereocenters. The minimum atomic E-state index is -4.57. The largest absolute Gasteiger partial charge is 0.465 e. The van der Waals surface area contributed by atoms with Gasteiger partial charge in [-0.2, -0.15) is 13.2 Å². The number of nitrogens with zero attached hydrogens (tertiary/aromatic N) is 1. The molecule has 1 N–H and O–H groups in total. The van der Waals surface area contributed by atoms with Crippen molar-refractivity contribution in [2.45, 2.75) is 44.3 Å². The van der Waals surface area contributed by atoms with E-state index in [0.717, 1.165) is 19.3 Å². The molecule has 1 fully saturated rings. The third-order valence-electron chi connectivity index (χ3n) is 3.95. The van der Waals surface area contributed by atoms with Crippen LogP contribution in [0.25, 0.3) is 0 Å². The summed E-state index contributed by atoms with van der Waals surface area (Å²) in [7, 11) is 0. The maximum atomic E-state index is 13.5. The highest BCUT2D eigenvalue weighted by Crippen LogP contribution is 2.39. The Morgan fingerprint density at radius 2 is 1.71 bits per heavy atom. The minimum absolute atomic E-state index is 0.0675. The lowest BCUT2D eigenvalue weighted by Crippen LogP contribution is -2.53. The molecule has 0 bridgehead atoms. The van der Waals surface area contributed by atoms with Gasteiger partial charge in [0.1, 0.15) is 6.04 Å². The van der Waals surface area contributed by atoms with Crippen LogP contribution < -0.4 is 4.90 Å². The highest BCUT2D eigenvalue weighted by Gasteiger charge is 2.50. The Balaban J connectivity index is 2.38. The molecule has 0 spiro atoms. The molecule has 1 aromatic carbocycles. The Bertz CT molecular complexity index is 470. The molecule has 1 amide bonds. The summed E-state index contributed by atoms with van der Waals surface area (Å²) in [4.78, 5) is 11.9. The van der Waals surface area contributed by atoms with Crippen LogP contribution in [0.2, 0.25) is 0 Å². The average Bonchev–Trinajstić information content (AvgIpc) is 2.44. The van der Waals surface area contributed by atoms with Crippen molar-refractivity contribution in [3.05, 3.63) is 30.3 Å². The van der Waals surface area contributed by atoms with E-state index < -0.39 is 24.2 Å². The second-order valence-corrected chi connectivity index (χ2v) is 5.37. The number of hydrogen-bond donors (Lipinski definition) is 1. The van der Waals surface area contributed by atoms with E-state index in [4.69, 9.17) is 0 Å². The van der Waals surface area contributed by atoms with Crippen molar-refractivity contribution in [2.75, 3.05) is 4.90 Å². The molecular weight excluding hydrogens is 283 g/mol. The fraction of sp³-hybridized carbons (Fsp3) is 0.533. The Morgan fingerprint density at radius 1 is 1.14 bits per heavy atom. The standard InChI is InChI=1S/C15H18F3NO2/c16-15(17,18)13(11-7-3-1-4-8-11)19(14(20)21)12-9-5-2-6-10-12/h2,5-6,9-11,13H,1,3-4,7-8H2,(H,20,21)/t13-/m0/s1. The zero-order valence-electron chi connectivity index (χ0n) is 11.5. The molecule has 6 heteroatoms. The first-order valence-corrected chi connectivity index (χ1v) is 7.05. The molecule has 21 heavy (non-hydrogen) atoms. The predicted molar refractivity (Wildman–Crippen MR) is 73.4 cm³/mol. The van der Waals surface area contributed by atoms with E-state index in [1.165, 1.54) is 12.1 Å². The fourth-order valence-corrected chi connectivity index (χ4v) is 3.05. The zero-order valence-corrected chi connectivity index (χ0v) is 11.5. The van der Waals surface area contributed by atoms with Crippen molar-refractivity contribution < 1.29 is 23.1 Å². The number of alkyl halides is 3. The maximum Gasteiger partial charge on any atom is 0.412 e. The van der Waals surface area contributed by atoms with E-state index in [0.29, 0.717) is 17.7 Å². The van der Waals surface area contributed by atoms with Crippen molar-refractivity contribution in [2.24, 2.45) is 5.92 Å². The van der Waals surface area contributed by atoms with Gasteiger partial charge in [0.2, 0.25) is 0 Å². The summed E-state index contributed by atoms with van der Waals surface area (Å²) in [6.45, 7) is 0. The molecule has 1 saturated carbocycles. The van der Waals surface area contributed by atoms with Crippen LogP contribution in [0.3, 0.4) is 0 Å². The molecule has 3 nitrogen and oxygen atoms in total. The molecule has 0 saturated heterocycles.